The monoisotopic (exact) mass is 568 g/mol. The summed E-state index contributed by atoms with van der Waals surface area (Å²) in [5, 5.41) is 3.42. The minimum atomic E-state index is -4.88. The highest BCUT2D eigenvalue weighted by Gasteiger charge is 2.47. The zero-order valence-corrected chi connectivity index (χ0v) is 21.6. The molecular weight excluding hydrogens is 544 g/mol. The molecule has 0 saturated carbocycles. The van der Waals surface area contributed by atoms with Crippen LogP contribution >= 0.6 is 0 Å². The molecule has 0 radical (unpaired) electrons. The van der Waals surface area contributed by atoms with E-state index < -0.39 is 45.3 Å². The van der Waals surface area contributed by atoms with Crippen molar-refractivity contribution in [1.82, 2.24) is 14.5 Å². The van der Waals surface area contributed by atoms with Crippen LogP contribution in [0, 0.1) is 5.82 Å². The highest BCUT2D eigenvalue weighted by molar-refractivity contribution is 7.92. The molecule has 0 atom stereocenters. The van der Waals surface area contributed by atoms with Gasteiger partial charge < -0.3 is 15.0 Å². The van der Waals surface area contributed by atoms with Gasteiger partial charge in [0, 0.05) is 49.3 Å². The Kier molecular flexibility index (Phi) is 7.54. The number of hydrogen-bond acceptors (Lipinski definition) is 6. The van der Waals surface area contributed by atoms with Gasteiger partial charge in [-0.05, 0) is 43.2 Å². The van der Waals surface area contributed by atoms with Crippen molar-refractivity contribution in [2.45, 2.75) is 24.7 Å². The van der Waals surface area contributed by atoms with E-state index in [0.29, 0.717) is 0 Å². The van der Waals surface area contributed by atoms with Gasteiger partial charge in [0.2, 0.25) is 10.0 Å². The van der Waals surface area contributed by atoms with E-state index in [9.17, 15) is 35.6 Å². The molecule has 1 spiro atoms. The first kappa shape index (κ1) is 28.2. The third kappa shape index (κ3) is 6.28. The first-order chi connectivity index (χ1) is 18.2. The zero-order valence-electron chi connectivity index (χ0n) is 20.8. The first-order valence-electron chi connectivity index (χ1n) is 11.7. The van der Waals surface area contributed by atoms with E-state index in [-0.39, 0.29) is 48.5 Å². The predicted octanol–water partition coefficient (Wildman–Crippen LogP) is 3.14. The third-order valence-electron chi connectivity index (χ3n) is 6.30. The van der Waals surface area contributed by atoms with Crippen molar-refractivity contribution in [3.05, 3.63) is 70.4 Å². The number of amidine groups is 1. The number of nitrogens with zero attached hydrogens (tertiary/aromatic N) is 3. The lowest BCUT2D eigenvalue weighted by Gasteiger charge is -2.34. The summed E-state index contributed by atoms with van der Waals surface area (Å²) in [6.07, 6.45) is -3.73. The molecule has 9 nitrogen and oxygen atoms in total. The molecular formula is C25H24F4N4O5S. The van der Waals surface area contributed by atoms with Crippen LogP contribution in [-0.2, 0) is 14.8 Å². The second kappa shape index (κ2) is 10.4. The highest BCUT2D eigenvalue weighted by Crippen LogP contribution is 2.33. The Morgan fingerprint density at radius 3 is 2.46 bits per heavy atom. The summed E-state index contributed by atoms with van der Waals surface area (Å²) < 4.78 is 82.9. The number of carbonyl (C=O) groups is 2. The highest BCUT2D eigenvalue weighted by atomic mass is 32.2. The van der Waals surface area contributed by atoms with Crippen molar-refractivity contribution in [2.24, 2.45) is 4.99 Å². The molecule has 2 heterocycles. The molecule has 2 aliphatic heterocycles. The number of hydrogen-bond donors (Lipinski definition) is 1. The van der Waals surface area contributed by atoms with Crippen molar-refractivity contribution in [1.29, 1.82) is 0 Å². The normalized spacial score (nSPS) is 17.8. The van der Waals surface area contributed by atoms with Crippen LogP contribution < -0.4 is 10.1 Å². The summed E-state index contributed by atoms with van der Waals surface area (Å²) in [7, 11) is -0.936. The van der Waals surface area contributed by atoms with Gasteiger partial charge in [-0.3, -0.25) is 14.6 Å². The van der Waals surface area contributed by atoms with Crippen molar-refractivity contribution in [2.75, 3.05) is 27.2 Å². The van der Waals surface area contributed by atoms with Gasteiger partial charge in [-0.25, -0.2) is 12.8 Å². The number of rotatable bonds is 6. The average molecular weight is 569 g/mol. The van der Waals surface area contributed by atoms with Crippen molar-refractivity contribution in [3.63, 3.8) is 0 Å². The molecule has 0 aliphatic carbocycles. The summed E-state index contributed by atoms with van der Waals surface area (Å²) in [4.78, 5) is 30.5. The van der Waals surface area contributed by atoms with Gasteiger partial charge in [0.25, 0.3) is 11.8 Å². The number of aliphatic imine (C=N–C) groups is 1. The number of sulfonamides is 1. The van der Waals surface area contributed by atoms with Gasteiger partial charge in [-0.1, -0.05) is 18.2 Å². The van der Waals surface area contributed by atoms with Gasteiger partial charge in [0.1, 0.15) is 22.9 Å². The summed E-state index contributed by atoms with van der Waals surface area (Å²) >= 11 is 0. The second-order valence-corrected chi connectivity index (χ2v) is 11.0. The van der Waals surface area contributed by atoms with E-state index in [1.807, 2.05) is 0 Å². The fourth-order valence-electron chi connectivity index (χ4n) is 4.24. The molecule has 4 rings (SSSR count). The van der Waals surface area contributed by atoms with Crippen LogP contribution in [0.25, 0.3) is 6.08 Å². The molecule has 208 valence electrons. The minimum Gasteiger partial charge on any atom is -0.406 e. The molecule has 1 N–H and O–H groups in total. The number of benzene rings is 2. The quantitative estimate of drug-likeness (QED) is 0.539. The number of nitrogens with one attached hydrogen (secondary N) is 1. The van der Waals surface area contributed by atoms with Crippen molar-refractivity contribution in [3.8, 4) is 5.75 Å². The Labute approximate surface area is 221 Å². The Hall–Kier alpha value is -3.78. The Morgan fingerprint density at radius 2 is 1.85 bits per heavy atom. The number of ether oxygens (including phenoxy) is 1. The van der Waals surface area contributed by atoms with Gasteiger partial charge in [-0.15, -0.1) is 13.2 Å². The lowest BCUT2D eigenvalue weighted by atomic mass is 9.89. The SMILES string of the molecule is CN(C)C(=O)c1ccc(/C=C/S(=O)(=O)N2CCC3(CC2)N=C(c2cccc(OC(F)(F)F)c2)NC3=O)c(F)c1. The largest absolute Gasteiger partial charge is 0.573 e. The van der Waals surface area contributed by atoms with Gasteiger partial charge in [-0.2, -0.15) is 4.31 Å². The van der Waals surface area contributed by atoms with E-state index >= 15 is 0 Å². The van der Waals surface area contributed by atoms with E-state index in [1.54, 1.807) is 0 Å². The van der Waals surface area contributed by atoms with Crippen molar-refractivity contribution < 1.29 is 40.3 Å². The Morgan fingerprint density at radius 1 is 1.15 bits per heavy atom. The lowest BCUT2D eigenvalue weighted by Crippen LogP contribution is -2.50. The molecule has 0 aromatic heterocycles. The van der Waals surface area contributed by atoms with E-state index in [0.717, 1.165) is 34.0 Å². The standard InChI is InChI=1S/C25H24F4N4O5S/c1-32(2)22(34)18-7-6-16(20(26)15-18)8-13-39(36,37)33-11-9-24(10-12-33)23(35)30-21(31-24)17-4-3-5-19(14-17)38-25(27,28)29/h3-8,13-15H,9-12H2,1-2H3,(H,30,31,35)/b13-8+. The molecule has 1 saturated heterocycles. The van der Waals surface area contributed by atoms with Crippen LogP contribution in [0.1, 0.15) is 34.3 Å². The summed E-state index contributed by atoms with van der Waals surface area (Å²) in [5.74, 6) is -2.05. The molecule has 2 aliphatic rings. The molecule has 0 unspecified atom stereocenters. The van der Waals surface area contributed by atoms with Crippen molar-refractivity contribution >= 4 is 33.7 Å². The minimum absolute atomic E-state index is 0.0245. The second-order valence-electron chi connectivity index (χ2n) is 9.20. The van der Waals surface area contributed by atoms with Crippen LogP contribution in [0.3, 0.4) is 0 Å². The number of piperidine rings is 1. The molecule has 0 bridgehead atoms. The number of amides is 2. The molecule has 2 aromatic rings. The third-order valence-corrected chi connectivity index (χ3v) is 7.87. The van der Waals surface area contributed by atoms with Gasteiger partial charge in [0.15, 0.2) is 0 Å². The van der Waals surface area contributed by atoms with Crippen LogP contribution in [0.15, 0.2) is 52.9 Å². The first-order valence-corrected chi connectivity index (χ1v) is 13.2. The van der Waals surface area contributed by atoms with Crippen LogP contribution in [0.4, 0.5) is 17.6 Å². The van der Waals surface area contributed by atoms with Gasteiger partial charge >= 0.3 is 6.36 Å². The predicted molar refractivity (Wildman–Crippen MR) is 134 cm³/mol. The molecule has 14 heteroatoms. The Bertz CT molecular complexity index is 1460. The lowest BCUT2D eigenvalue weighted by molar-refractivity contribution is -0.274. The zero-order chi connectivity index (χ0) is 28.6. The molecule has 2 aromatic carbocycles. The van der Waals surface area contributed by atoms with Crippen LogP contribution in [-0.4, -0.2) is 74.4 Å². The fourth-order valence-corrected chi connectivity index (χ4v) is 5.42. The molecule has 2 amide bonds. The van der Waals surface area contributed by atoms with E-state index in [1.165, 1.54) is 43.3 Å². The topological polar surface area (TPSA) is 108 Å². The fraction of sp³-hybridized carbons (Fsp3) is 0.320. The van der Waals surface area contributed by atoms with Crippen LogP contribution in [0.2, 0.25) is 0 Å². The Balaban J connectivity index is 1.45. The summed E-state index contributed by atoms with van der Waals surface area (Å²) in [6.45, 7) is -0.125. The average Bonchev–Trinajstić information content (AvgIpc) is 3.17. The molecule has 1 fully saturated rings. The maximum absolute atomic E-state index is 14.5. The van der Waals surface area contributed by atoms with Gasteiger partial charge in [0.05, 0.1) is 0 Å². The summed E-state index contributed by atoms with van der Waals surface area (Å²) in [5.41, 5.74) is -0.968. The number of halogens is 4. The van der Waals surface area contributed by atoms with E-state index in [4.69, 9.17) is 0 Å². The number of carbonyl (C=O) groups excluding carboxylic acids is 2. The smallest absolute Gasteiger partial charge is 0.406 e. The van der Waals surface area contributed by atoms with Crippen LogP contribution in [0.5, 0.6) is 5.75 Å². The summed E-state index contributed by atoms with van der Waals surface area (Å²) in [6, 6.07) is 8.72. The van der Waals surface area contributed by atoms with E-state index in [2.05, 4.69) is 15.0 Å². The maximum atomic E-state index is 14.5. The number of alkyl halides is 3. The molecule has 39 heavy (non-hydrogen) atoms. The maximum Gasteiger partial charge on any atom is 0.573 e.